The van der Waals surface area contributed by atoms with E-state index in [1.165, 1.54) is 0 Å². The van der Waals surface area contributed by atoms with Gasteiger partial charge in [0, 0.05) is 23.7 Å². The maximum absolute atomic E-state index is 12.8. The summed E-state index contributed by atoms with van der Waals surface area (Å²) in [6.07, 6.45) is -1.02. The molecule has 4 rings (SSSR count). The molecule has 0 amide bonds. The van der Waals surface area contributed by atoms with Crippen LogP contribution in [0, 0.1) is 35.5 Å². The van der Waals surface area contributed by atoms with Crippen molar-refractivity contribution in [2.75, 3.05) is 0 Å². The Morgan fingerprint density at radius 2 is 1.32 bits per heavy atom. The molecule has 4 bridgehead atoms. The second-order valence-electron chi connectivity index (χ2n) is 10.2. The SMILES string of the molecule is CC1CC2CC1C(OC=O)C2OC(=O)CC(C(=O)OC1C2CC(C)C(C2)C1OC=O)S(=O)(=O)O. The van der Waals surface area contributed by atoms with Gasteiger partial charge in [0.2, 0.25) is 0 Å². The maximum atomic E-state index is 12.8. The van der Waals surface area contributed by atoms with Gasteiger partial charge in [-0.2, -0.15) is 8.42 Å². The molecule has 0 spiro atoms. The van der Waals surface area contributed by atoms with Crippen molar-refractivity contribution in [3.8, 4) is 0 Å². The summed E-state index contributed by atoms with van der Waals surface area (Å²) in [6.45, 7) is 4.58. The van der Waals surface area contributed by atoms with Gasteiger partial charge < -0.3 is 18.9 Å². The Hall–Kier alpha value is -2.21. The Bertz CT molecular complexity index is 933. The van der Waals surface area contributed by atoms with Crippen molar-refractivity contribution in [2.45, 2.75) is 75.6 Å². The molecule has 11 atom stereocenters. The third kappa shape index (κ3) is 4.53. The number of carbonyl (C=O) groups is 4. The fraction of sp³-hybridized carbons (Fsp3) is 0.818. The van der Waals surface area contributed by atoms with Crippen molar-refractivity contribution in [2.24, 2.45) is 35.5 Å². The molecule has 4 aliphatic rings. The zero-order chi connectivity index (χ0) is 24.8. The van der Waals surface area contributed by atoms with E-state index >= 15 is 0 Å². The molecule has 0 heterocycles. The van der Waals surface area contributed by atoms with Gasteiger partial charge in [0.1, 0.15) is 24.4 Å². The van der Waals surface area contributed by atoms with Gasteiger partial charge in [-0.15, -0.1) is 0 Å². The highest BCUT2D eigenvalue weighted by Crippen LogP contribution is 2.52. The Kier molecular flexibility index (Phi) is 6.92. The zero-order valence-electron chi connectivity index (χ0n) is 19.0. The summed E-state index contributed by atoms with van der Waals surface area (Å²) in [6, 6.07) is 0. The number of ether oxygens (including phenoxy) is 4. The summed E-state index contributed by atoms with van der Waals surface area (Å²) in [5.41, 5.74) is 0. The van der Waals surface area contributed by atoms with Crippen LogP contribution in [0.25, 0.3) is 0 Å². The fourth-order valence-corrected chi connectivity index (χ4v) is 7.47. The predicted molar refractivity (Wildman–Crippen MR) is 112 cm³/mol. The van der Waals surface area contributed by atoms with Gasteiger partial charge in [-0.3, -0.25) is 23.7 Å². The molecule has 0 aromatic carbocycles. The van der Waals surface area contributed by atoms with Crippen LogP contribution in [0.4, 0.5) is 0 Å². The van der Waals surface area contributed by atoms with Crippen molar-refractivity contribution in [3.05, 3.63) is 0 Å². The summed E-state index contributed by atoms with van der Waals surface area (Å²) in [5.74, 6) is -1.91. The molecule has 190 valence electrons. The van der Waals surface area contributed by atoms with Crippen molar-refractivity contribution < 1.29 is 51.1 Å². The van der Waals surface area contributed by atoms with Crippen LogP contribution in [0.1, 0.15) is 46.0 Å². The van der Waals surface area contributed by atoms with Crippen molar-refractivity contribution in [3.63, 3.8) is 0 Å². The molecule has 0 aliphatic heterocycles. The zero-order valence-corrected chi connectivity index (χ0v) is 19.8. The molecule has 4 fully saturated rings. The van der Waals surface area contributed by atoms with Crippen LogP contribution in [-0.4, -0.2) is 67.5 Å². The molecular weight excluding hydrogens is 472 g/mol. The molecule has 12 heteroatoms. The van der Waals surface area contributed by atoms with Gasteiger partial charge >= 0.3 is 11.9 Å². The smallest absolute Gasteiger partial charge is 0.327 e. The minimum atomic E-state index is -5.00. The average molecular weight is 503 g/mol. The first kappa shape index (κ1) is 24.9. The van der Waals surface area contributed by atoms with E-state index in [0.29, 0.717) is 19.3 Å². The normalized spacial score (nSPS) is 41.0. The van der Waals surface area contributed by atoms with Crippen LogP contribution >= 0.6 is 0 Å². The number of carbonyl (C=O) groups excluding carboxylic acids is 4. The predicted octanol–water partition coefficient (Wildman–Crippen LogP) is 0.892. The molecule has 34 heavy (non-hydrogen) atoms. The summed E-state index contributed by atoms with van der Waals surface area (Å²) in [7, 11) is -5.00. The van der Waals surface area contributed by atoms with Crippen LogP contribution < -0.4 is 0 Å². The third-order valence-corrected chi connectivity index (χ3v) is 9.38. The van der Waals surface area contributed by atoms with Crippen molar-refractivity contribution in [1.29, 1.82) is 0 Å². The van der Waals surface area contributed by atoms with Gasteiger partial charge in [0.15, 0.2) is 5.25 Å². The summed E-state index contributed by atoms with van der Waals surface area (Å²) >= 11 is 0. The van der Waals surface area contributed by atoms with E-state index in [1.807, 2.05) is 13.8 Å². The number of hydrogen-bond acceptors (Lipinski definition) is 10. The van der Waals surface area contributed by atoms with Crippen LogP contribution in [0.3, 0.4) is 0 Å². The first-order valence-electron chi connectivity index (χ1n) is 11.6. The largest absolute Gasteiger partial charge is 0.460 e. The lowest BCUT2D eigenvalue weighted by Gasteiger charge is -2.33. The van der Waals surface area contributed by atoms with Crippen molar-refractivity contribution in [1.82, 2.24) is 0 Å². The lowest BCUT2D eigenvalue weighted by molar-refractivity contribution is -0.172. The minimum absolute atomic E-state index is 0.0166. The maximum Gasteiger partial charge on any atom is 0.327 e. The Morgan fingerprint density at radius 3 is 1.76 bits per heavy atom. The molecule has 11 unspecified atom stereocenters. The Labute approximate surface area is 197 Å². The standard InChI is InChI=1S/C22H30O11S/c1-10-3-12-5-14(10)20(30-8-23)18(12)32-17(25)7-16(34(27,28)29)22(26)33-19-13-4-11(2)15(6-13)21(19)31-9-24/h8-16,18-21H,3-7H2,1-2H3,(H,27,28,29). The van der Waals surface area contributed by atoms with Gasteiger partial charge in [0.05, 0.1) is 6.42 Å². The summed E-state index contributed by atoms with van der Waals surface area (Å²) < 4.78 is 54.7. The fourth-order valence-electron chi connectivity index (χ4n) is 6.82. The quantitative estimate of drug-likeness (QED) is 0.196. The first-order valence-corrected chi connectivity index (χ1v) is 13.1. The number of hydrogen-bond donors (Lipinski definition) is 1. The van der Waals surface area contributed by atoms with E-state index in [-0.39, 0.29) is 42.0 Å². The molecule has 11 nitrogen and oxygen atoms in total. The first-order chi connectivity index (χ1) is 16.0. The molecule has 0 aromatic heterocycles. The highest BCUT2D eigenvalue weighted by Gasteiger charge is 2.56. The molecule has 0 aromatic rings. The Balaban J connectivity index is 1.42. The molecule has 4 aliphatic carbocycles. The second-order valence-corrected chi connectivity index (χ2v) is 11.8. The molecular formula is C22H30O11S. The van der Waals surface area contributed by atoms with E-state index in [9.17, 15) is 32.1 Å². The number of esters is 2. The van der Waals surface area contributed by atoms with Gasteiger partial charge in [0.25, 0.3) is 23.1 Å². The number of fused-ring (bicyclic) bond motifs is 4. The minimum Gasteiger partial charge on any atom is -0.460 e. The summed E-state index contributed by atoms with van der Waals surface area (Å²) in [4.78, 5) is 47.3. The highest BCUT2D eigenvalue weighted by atomic mass is 32.2. The van der Waals surface area contributed by atoms with Crippen molar-refractivity contribution >= 4 is 35.0 Å². The van der Waals surface area contributed by atoms with E-state index in [1.54, 1.807) is 0 Å². The van der Waals surface area contributed by atoms with Gasteiger partial charge in [-0.1, -0.05) is 13.8 Å². The summed E-state index contributed by atoms with van der Waals surface area (Å²) in [5, 5.41) is -2.18. The van der Waals surface area contributed by atoms with Crippen LogP contribution in [0.2, 0.25) is 0 Å². The topological polar surface area (TPSA) is 160 Å². The van der Waals surface area contributed by atoms with Crippen LogP contribution in [0.5, 0.6) is 0 Å². The second kappa shape index (κ2) is 9.44. The Morgan fingerprint density at radius 1 is 0.853 bits per heavy atom. The van der Waals surface area contributed by atoms with Crippen LogP contribution in [0.15, 0.2) is 0 Å². The highest BCUT2D eigenvalue weighted by molar-refractivity contribution is 7.87. The lowest BCUT2D eigenvalue weighted by atomic mass is 9.86. The molecule has 4 saturated carbocycles. The number of rotatable bonds is 10. The molecule has 0 saturated heterocycles. The van der Waals surface area contributed by atoms with E-state index in [0.717, 1.165) is 12.8 Å². The van der Waals surface area contributed by atoms with E-state index < -0.39 is 58.1 Å². The van der Waals surface area contributed by atoms with E-state index in [4.69, 9.17) is 18.9 Å². The molecule has 0 radical (unpaired) electrons. The van der Waals surface area contributed by atoms with Gasteiger partial charge in [-0.25, -0.2) is 0 Å². The van der Waals surface area contributed by atoms with E-state index in [2.05, 4.69) is 0 Å². The third-order valence-electron chi connectivity index (χ3n) is 8.30. The van der Waals surface area contributed by atoms with Gasteiger partial charge in [-0.05, 0) is 37.5 Å². The lowest BCUT2D eigenvalue weighted by Crippen LogP contribution is -2.45. The molecule has 1 N–H and O–H groups in total. The average Bonchev–Trinajstić information content (AvgIpc) is 3.47. The van der Waals surface area contributed by atoms with Crippen LogP contribution in [-0.2, 0) is 48.2 Å². The monoisotopic (exact) mass is 502 g/mol.